The van der Waals surface area contributed by atoms with Gasteiger partial charge in [0.2, 0.25) is 0 Å². The molecule has 1 saturated carbocycles. The lowest BCUT2D eigenvalue weighted by atomic mass is 9.69. The molecule has 4 heteroatoms. The van der Waals surface area contributed by atoms with E-state index in [1.54, 1.807) is 0 Å². The van der Waals surface area contributed by atoms with Crippen LogP contribution >= 0.6 is 0 Å². The summed E-state index contributed by atoms with van der Waals surface area (Å²) in [5.41, 5.74) is 0.747. The van der Waals surface area contributed by atoms with Gasteiger partial charge in [0.15, 0.2) is 16.6 Å². The van der Waals surface area contributed by atoms with Crippen LogP contribution in [0.3, 0.4) is 0 Å². The molecule has 1 aromatic rings. The van der Waals surface area contributed by atoms with Gasteiger partial charge >= 0.3 is 0 Å². The van der Waals surface area contributed by atoms with Crippen molar-refractivity contribution >= 4 is 16.6 Å². The summed E-state index contributed by atoms with van der Waals surface area (Å²) in [5, 5.41) is 0. The highest BCUT2D eigenvalue weighted by Crippen LogP contribution is 2.51. The molecular formula is C19H34O2Si2. The van der Waals surface area contributed by atoms with Gasteiger partial charge in [-0.3, -0.25) is 0 Å². The third-order valence-electron chi connectivity index (χ3n) is 4.54. The molecule has 1 aliphatic carbocycles. The van der Waals surface area contributed by atoms with Crippen LogP contribution in [0.25, 0.3) is 0 Å². The van der Waals surface area contributed by atoms with Crippen LogP contribution in [0.5, 0.6) is 0 Å². The van der Waals surface area contributed by atoms with Gasteiger partial charge in [-0.15, -0.1) is 0 Å². The van der Waals surface area contributed by atoms with Crippen molar-refractivity contribution in [2.24, 2.45) is 0 Å². The number of hydrogen-bond acceptors (Lipinski definition) is 2. The Morgan fingerprint density at radius 3 is 1.83 bits per heavy atom. The zero-order chi connectivity index (χ0) is 17.4. The van der Waals surface area contributed by atoms with Crippen LogP contribution in [0, 0.1) is 0 Å². The van der Waals surface area contributed by atoms with E-state index >= 15 is 0 Å². The number of benzene rings is 1. The fourth-order valence-corrected chi connectivity index (χ4v) is 7.11. The molecular weight excluding hydrogens is 316 g/mol. The Morgan fingerprint density at radius 2 is 1.30 bits per heavy atom. The quantitative estimate of drug-likeness (QED) is 0.614. The van der Waals surface area contributed by atoms with Crippen LogP contribution in [0.15, 0.2) is 30.3 Å². The van der Waals surface area contributed by atoms with E-state index in [0.717, 1.165) is 12.8 Å². The Kier molecular flexibility index (Phi) is 5.32. The summed E-state index contributed by atoms with van der Waals surface area (Å²) in [6.07, 6.45) is 4.58. The van der Waals surface area contributed by atoms with Crippen LogP contribution in [-0.4, -0.2) is 22.2 Å². The molecule has 2 atom stereocenters. The molecule has 0 spiro atoms. The molecule has 0 radical (unpaired) electrons. The lowest BCUT2D eigenvalue weighted by Crippen LogP contribution is -2.61. The Hall–Kier alpha value is -0.426. The van der Waals surface area contributed by atoms with Crippen LogP contribution in [0.2, 0.25) is 39.3 Å². The third-order valence-corrected chi connectivity index (χ3v) is 6.56. The molecule has 1 aliphatic rings. The second kappa shape index (κ2) is 6.47. The number of rotatable bonds is 5. The fourth-order valence-electron chi connectivity index (χ4n) is 4.01. The Bertz CT molecular complexity index is 518. The van der Waals surface area contributed by atoms with Crippen molar-refractivity contribution in [3.8, 4) is 0 Å². The van der Waals surface area contributed by atoms with Crippen molar-refractivity contribution in [2.75, 3.05) is 0 Å². The van der Waals surface area contributed by atoms with Gasteiger partial charge < -0.3 is 8.85 Å². The van der Waals surface area contributed by atoms with Crippen molar-refractivity contribution in [3.63, 3.8) is 0 Å². The van der Waals surface area contributed by atoms with Gasteiger partial charge in [-0.05, 0) is 64.6 Å². The van der Waals surface area contributed by atoms with Crippen molar-refractivity contribution in [2.45, 2.75) is 83.1 Å². The molecule has 0 N–H and O–H groups in total. The first-order valence-corrected chi connectivity index (χ1v) is 15.8. The van der Waals surface area contributed by atoms with E-state index in [1.807, 2.05) is 0 Å². The summed E-state index contributed by atoms with van der Waals surface area (Å²) in [6, 6.07) is 10.8. The third kappa shape index (κ3) is 4.35. The topological polar surface area (TPSA) is 18.5 Å². The molecule has 0 aromatic heterocycles. The lowest BCUT2D eigenvalue weighted by Gasteiger charge is -2.56. The maximum absolute atomic E-state index is 6.95. The highest BCUT2D eigenvalue weighted by molar-refractivity contribution is 6.70. The van der Waals surface area contributed by atoms with Gasteiger partial charge in [0, 0.05) is 0 Å². The molecule has 130 valence electrons. The van der Waals surface area contributed by atoms with E-state index < -0.39 is 16.6 Å². The van der Waals surface area contributed by atoms with Gasteiger partial charge in [-0.2, -0.15) is 0 Å². The van der Waals surface area contributed by atoms with Gasteiger partial charge in [0.05, 0.1) is 5.60 Å². The van der Waals surface area contributed by atoms with Gasteiger partial charge in [-0.25, -0.2) is 0 Å². The molecule has 0 heterocycles. The second-order valence-corrected chi connectivity index (χ2v) is 17.9. The zero-order valence-corrected chi connectivity index (χ0v) is 18.0. The van der Waals surface area contributed by atoms with Crippen LogP contribution in [-0.2, 0) is 14.5 Å². The predicted molar refractivity (Wildman–Crippen MR) is 104 cm³/mol. The normalized spacial score (nSPS) is 29.5. The average Bonchev–Trinajstić information content (AvgIpc) is 2.39. The monoisotopic (exact) mass is 350 g/mol. The average molecular weight is 351 g/mol. The molecule has 2 nitrogen and oxygen atoms in total. The summed E-state index contributed by atoms with van der Waals surface area (Å²) in [4.78, 5) is 0. The van der Waals surface area contributed by atoms with Gasteiger partial charge in [0.1, 0.15) is 5.60 Å². The van der Waals surface area contributed by atoms with Crippen molar-refractivity contribution in [1.29, 1.82) is 0 Å². The van der Waals surface area contributed by atoms with Crippen LogP contribution in [0.4, 0.5) is 0 Å². The molecule has 0 saturated heterocycles. The van der Waals surface area contributed by atoms with E-state index in [0.29, 0.717) is 0 Å². The standard InChI is InChI=1S/C19H34O2Si2/c1-18(20-22(2,3)4)15-11-12-16-19(18,21-23(5,6)7)17-13-9-8-10-14-17/h8-10,13-14H,11-12,15-16H2,1-7H3. The van der Waals surface area contributed by atoms with E-state index in [4.69, 9.17) is 8.85 Å². The minimum atomic E-state index is -1.73. The molecule has 23 heavy (non-hydrogen) atoms. The zero-order valence-electron chi connectivity index (χ0n) is 16.0. The molecule has 2 rings (SSSR count). The van der Waals surface area contributed by atoms with Crippen LogP contribution in [0.1, 0.15) is 38.2 Å². The number of hydrogen-bond donors (Lipinski definition) is 0. The van der Waals surface area contributed by atoms with Gasteiger partial charge in [0.25, 0.3) is 0 Å². The molecule has 0 bridgehead atoms. The molecule has 2 unspecified atom stereocenters. The van der Waals surface area contributed by atoms with E-state index in [2.05, 4.69) is 76.5 Å². The van der Waals surface area contributed by atoms with E-state index in [-0.39, 0.29) is 11.2 Å². The summed E-state index contributed by atoms with van der Waals surface area (Å²) in [6.45, 7) is 16.0. The van der Waals surface area contributed by atoms with Gasteiger partial charge in [-0.1, -0.05) is 43.2 Å². The largest absolute Gasteiger partial charge is 0.409 e. The minimum absolute atomic E-state index is 0.239. The predicted octanol–water partition coefficient (Wildman–Crippen LogP) is 5.92. The first-order chi connectivity index (χ1) is 10.5. The smallest absolute Gasteiger partial charge is 0.185 e. The van der Waals surface area contributed by atoms with Crippen molar-refractivity contribution < 1.29 is 8.85 Å². The maximum Gasteiger partial charge on any atom is 0.185 e. The highest BCUT2D eigenvalue weighted by atomic mass is 28.4. The first-order valence-electron chi connectivity index (χ1n) is 8.93. The van der Waals surface area contributed by atoms with E-state index in [9.17, 15) is 0 Å². The summed E-state index contributed by atoms with van der Waals surface area (Å²) >= 11 is 0. The maximum atomic E-state index is 6.95. The van der Waals surface area contributed by atoms with Crippen molar-refractivity contribution in [1.82, 2.24) is 0 Å². The fraction of sp³-hybridized carbons (Fsp3) is 0.684. The Morgan fingerprint density at radius 1 is 0.783 bits per heavy atom. The Labute approximate surface area is 144 Å². The van der Waals surface area contributed by atoms with Crippen molar-refractivity contribution in [3.05, 3.63) is 35.9 Å². The first kappa shape index (κ1) is 18.9. The lowest BCUT2D eigenvalue weighted by molar-refractivity contribution is -0.149. The SMILES string of the molecule is CC1(O[Si](C)(C)C)CCCCC1(O[Si](C)(C)C)c1ccccc1. The summed E-state index contributed by atoms with van der Waals surface area (Å²) in [7, 11) is -3.41. The van der Waals surface area contributed by atoms with E-state index in [1.165, 1.54) is 18.4 Å². The second-order valence-electron chi connectivity index (χ2n) is 9.06. The summed E-state index contributed by atoms with van der Waals surface area (Å²) < 4.78 is 13.8. The minimum Gasteiger partial charge on any atom is -0.409 e. The molecule has 0 amide bonds. The summed E-state index contributed by atoms with van der Waals surface area (Å²) in [5.74, 6) is 0. The molecule has 1 aromatic carbocycles. The Balaban J connectivity index is 2.56. The molecule has 1 fully saturated rings. The highest BCUT2D eigenvalue weighted by Gasteiger charge is 2.55. The molecule has 0 aliphatic heterocycles. The van der Waals surface area contributed by atoms with Crippen LogP contribution < -0.4 is 0 Å².